The van der Waals surface area contributed by atoms with Crippen LogP contribution in [0.1, 0.15) is 5.56 Å². The summed E-state index contributed by atoms with van der Waals surface area (Å²) in [5.41, 5.74) is 1.26. The second-order valence-corrected chi connectivity index (χ2v) is 5.28. The lowest BCUT2D eigenvalue weighted by atomic mass is 10.2. The molecule has 1 aromatic rings. The third kappa shape index (κ3) is 2.38. The summed E-state index contributed by atoms with van der Waals surface area (Å²) < 4.78 is 1.93. The van der Waals surface area contributed by atoms with Gasteiger partial charge in [-0.25, -0.2) is 0 Å². The number of hydrogen-bond acceptors (Lipinski definition) is 2. The lowest BCUT2D eigenvalue weighted by Crippen LogP contribution is -2.04. The van der Waals surface area contributed by atoms with Gasteiger partial charge in [0.15, 0.2) is 0 Å². The van der Waals surface area contributed by atoms with Crippen molar-refractivity contribution < 1.29 is 0 Å². The van der Waals surface area contributed by atoms with Crippen molar-refractivity contribution in [2.45, 2.75) is 11.3 Å². The van der Waals surface area contributed by atoms with Crippen LogP contribution in [0.5, 0.6) is 0 Å². The largest absolute Gasteiger partial charge is 0.316 e. The van der Waals surface area contributed by atoms with Gasteiger partial charge in [-0.3, -0.25) is 0 Å². The van der Waals surface area contributed by atoms with Gasteiger partial charge in [0.05, 0.1) is 11.6 Å². The number of halogens is 2. The fraction of sp³-hybridized carbons (Fsp3) is 0.200. The third-order valence-electron chi connectivity index (χ3n) is 1.89. The summed E-state index contributed by atoms with van der Waals surface area (Å²) in [4.78, 5) is 0. The Labute approximate surface area is 97.8 Å². The first-order valence-corrected chi connectivity index (χ1v) is 5.89. The average molecular weight is 246 g/mol. The minimum Gasteiger partial charge on any atom is -0.316 e. The van der Waals surface area contributed by atoms with E-state index in [1.807, 2.05) is 24.4 Å². The normalized spacial score (nSPS) is 21.1. The molecule has 1 heterocycles. The minimum atomic E-state index is -0.125. The minimum absolute atomic E-state index is 0.125. The Bertz CT molecular complexity index is 339. The fourth-order valence-electron chi connectivity index (χ4n) is 1.24. The Kier molecular flexibility index (Phi) is 3.26. The van der Waals surface area contributed by atoms with Crippen molar-refractivity contribution in [2.24, 2.45) is 0 Å². The van der Waals surface area contributed by atoms with Gasteiger partial charge in [-0.1, -0.05) is 41.9 Å². The van der Waals surface area contributed by atoms with E-state index in [4.69, 9.17) is 23.2 Å². The molecule has 0 aromatic heterocycles. The molecule has 1 atom stereocenters. The predicted octanol–water partition coefficient (Wildman–Crippen LogP) is 3.80. The summed E-state index contributed by atoms with van der Waals surface area (Å²) >= 11 is 13.4. The number of benzene rings is 1. The van der Waals surface area contributed by atoms with Crippen molar-refractivity contribution in [2.75, 3.05) is 0 Å². The highest BCUT2D eigenvalue weighted by Gasteiger charge is 2.21. The van der Waals surface area contributed by atoms with Crippen molar-refractivity contribution in [3.63, 3.8) is 0 Å². The molecule has 1 unspecified atom stereocenters. The van der Waals surface area contributed by atoms with Crippen molar-refractivity contribution in [3.8, 4) is 0 Å². The monoisotopic (exact) mass is 245 g/mol. The van der Waals surface area contributed by atoms with Crippen LogP contribution in [0, 0.1) is 0 Å². The van der Waals surface area contributed by atoms with Gasteiger partial charge in [-0.2, -0.15) is 0 Å². The highest BCUT2D eigenvalue weighted by atomic mass is 35.5. The van der Waals surface area contributed by atoms with Crippen LogP contribution in [0.4, 0.5) is 0 Å². The van der Waals surface area contributed by atoms with Crippen LogP contribution in [0.2, 0.25) is 0 Å². The molecule has 0 radical (unpaired) electrons. The highest BCUT2D eigenvalue weighted by Crippen LogP contribution is 2.37. The zero-order chi connectivity index (χ0) is 9.97. The Balaban J connectivity index is 2.01. The molecular weight excluding hydrogens is 237 g/mol. The molecule has 1 nitrogen and oxygen atoms in total. The maximum Gasteiger partial charge on any atom is 0.136 e. The predicted molar refractivity (Wildman–Crippen MR) is 63.2 cm³/mol. The number of rotatable bonds is 2. The third-order valence-corrected chi connectivity index (χ3v) is 3.87. The first kappa shape index (κ1) is 10.2. The Hall–Kier alpha value is -0.310. The van der Waals surface area contributed by atoms with Gasteiger partial charge in [0.25, 0.3) is 0 Å². The van der Waals surface area contributed by atoms with E-state index in [2.05, 4.69) is 16.4 Å². The van der Waals surface area contributed by atoms with E-state index in [0.717, 1.165) is 6.54 Å². The van der Waals surface area contributed by atoms with Crippen molar-refractivity contribution in [1.82, 2.24) is 4.31 Å². The molecule has 1 aliphatic rings. The van der Waals surface area contributed by atoms with Crippen LogP contribution in [-0.2, 0) is 6.54 Å². The van der Waals surface area contributed by atoms with Crippen LogP contribution >= 0.6 is 35.1 Å². The van der Waals surface area contributed by atoms with E-state index in [1.165, 1.54) is 5.56 Å². The topological polar surface area (TPSA) is 3.24 Å². The number of nitrogens with zero attached hydrogens (tertiary/aromatic N) is 1. The fourth-order valence-corrected chi connectivity index (χ4v) is 2.70. The zero-order valence-electron chi connectivity index (χ0n) is 7.36. The molecule has 14 heavy (non-hydrogen) atoms. The van der Waals surface area contributed by atoms with Gasteiger partial charge >= 0.3 is 0 Å². The molecule has 0 fully saturated rings. The smallest absolute Gasteiger partial charge is 0.136 e. The molecule has 0 amide bonds. The van der Waals surface area contributed by atoms with Gasteiger partial charge in [0, 0.05) is 6.20 Å². The van der Waals surface area contributed by atoms with Gasteiger partial charge in [0.1, 0.15) is 4.71 Å². The first-order valence-electron chi connectivity index (χ1n) is 4.24. The molecule has 2 rings (SSSR count). The van der Waals surface area contributed by atoms with Crippen LogP contribution in [0.3, 0.4) is 0 Å². The second kappa shape index (κ2) is 4.47. The lowest BCUT2D eigenvalue weighted by molar-refractivity contribution is 0.627. The van der Waals surface area contributed by atoms with Gasteiger partial charge in [0.2, 0.25) is 0 Å². The summed E-state index contributed by atoms with van der Waals surface area (Å²) in [5, 5.41) is 0.701. The van der Waals surface area contributed by atoms with Crippen LogP contribution < -0.4 is 0 Å². The summed E-state index contributed by atoms with van der Waals surface area (Å²) in [7, 11) is 0. The molecule has 74 valence electrons. The summed E-state index contributed by atoms with van der Waals surface area (Å²) in [5.74, 6) is 0. The van der Waals surface area contributed by atoms with Gasteiger partial charge in [-0.05, 0) is 17.5 Å². The Morgan fingerprint density at radius 3 is 2.57 bits per heavy atom. The van der Waals surface area contributed by atoms with Gasteiger partial charge in [-0.15, -0.1) is 11.6 Å². The van der Waals surface area contributed by atoms with Crippen molar-refractivity contribution in [3.05, 3.63) is 47.1 Å². The van der Waals surface area contributed by atoms with E-state index >= 15 is 0 Å². The summed E-state index contributed by atoms with van der Waals surface area (Å²) in [6.45, 7) is 0.838. The molecule has 0 aliphatic carbocycles. The van der Waals surface area contributed by atoms with E-state index in [9.17, 15) is 0 Å². The van der Waals surface area contributed by atoms with Gasteiger partial charge < -0.3 is 4.31 Å². The maximum absolute atomic E-state index is 5.94. The van der Waals surface area contributed by atoms with E-state index in [1.54, 1.807) is 11.9 Å². The Morgan fingerprint density at radius 2 is 2.00 bits per heavy atom. The molecule has 1 aromatic carbocycles. The molecule has 1 aliphatic heterocycles. The Morgan fingerprint density at radius 1 is 1.29 bits per heavy atom. The van der Waals surface area contributed by atoms with E-state index in [-0.39, 0.29) is 4.71 Å². The van der Waals surface area contributed by atoms with E-state index in [0.29, 0.717) is 5.03 Å². The van der Waals surface area contributed by atoms with Crippen LogP contribution in [0.15, 0.2) is 41.6 Å². The highest BCUT2D eigenvalue weighted by molar-refractivity contribution is 7.99. The number of hydrogen-bond donors (Lipinski definition) is 0. The van der Waals surface area contributed by atoms with E-state index < -0.39 is 0 Å². The molecule has 0 saturated heterocycles. The van der Waals surface area contributed by atoms with Crippen molar-refractivity contribution in [1.29, 1.82) is 0 Å². The summed E-state index contributed by atoms with van der Waals surface area (Å²) in [6.07, 6.45) is 1.89. The van der Waals surface area contributed by atoms with Crippen LogP contribution in [0.25, 0.3) is 0 Å². The molecule has 4 heteroatoms. The standard InChI is InChI=1S/C10H9Cl2NS/c11-9-7-13(14-10(9)12)6-8-4-2-1-3-5-8/h1-5,7,10H,6H2. The van der Waals surface area contributed by atoms with Crippen molar-refractivity contribution >= 4 is 35.1 Å². The SMILES string of the molecule is ClC1=CN(Cc2ccccc2)SC1Cl. The summed E-state index contributed by atoms with van der Waals surface area (Å²) in [6, 6.07) is 10.2. The molecule has 0 saturated carbocycles. The zero-order valence-corrected chi connectivity index (χ0v) is 9.69. The first-order chi connectivity index (χ1) is 6.75. The molecular formula is C10H9Cl2NS. The lowest BCUT2D eigenvalue weighted by Gasteiger charge is -2.13. The van der Waals surface area contributed by atoms with Crippen LogP contribution in [-0.4, -0.2) is 9.01 Å². The quantitative estimate of drug-likeness (QED) is 0.576. The molecule has 0 bridgehead atoms. The average Bonchev–Trinajstić information content (AvgIpc) is 2.47. The number of alkyl halides is 1. The second-order valence-electron chi connectivity index (χ2n) is 3.00. The maximum atomic E-state index is 5.94. The molecule has 0 spiro atoms. The molecule has 0 N–H and O–H groups in total.